The van der Waals surface area contributed by atoms with Crippen molar-refractivity contribution in [2.24, 2.45) is 22.7 Å². The van der Waals surface area contributed by atoms with E-state index in [1.807, 2.05) is 0 Å². The summed E-state index contributed by atoms with van der Waals surface area (Å²) in [6.45, 7) is 1.85. The van der Waals surface area contributed by atoms with Crippen LogP contribution in [0.2, 0.25) is 0 Å². The van der Waals surface area contributed by atoms with Crippen LogP contribution in [0.25, 0.3) is 0 Å². The number of aliphatic hydroxyl groups is 2. The second-order valence-electron chi connectivity index (χ2n) is 12.9. The van der Waals surface area contributed by atoms with E-state index in [0.717, 1.165) is 13.8 Å². The first-order valence-electron chi connectivity index (χ1n) is 15.0. The van der Waals surface area contributed by atoms with E-state index in [2.05, 4.69) is 9.47 Å². The van der Waals surface area contributed by atoms with E-state index < -0.39 is 140 Å². The predicted octanol–water partition coefficient (Wildman–Crippen LogP) is 10.0. The van der Waals surface area contributed by atoms with Crippen molar-refractivity contribution in [1.29, 1.82) is 0 Å². The highest BCUT2D eigenvalue weighted by Gasteiger charge is 2.78. The maximum Gasteiger partial charge on any atom is 0.434 e. The van der Waals surface area contributed by atoms with E-state index in [9.17, 15) is 125 Å². The van der Waals surface area contributed by atoms with Crippen molar-refractivity contribution >= 4 is 11.9 Å². The molecule has 30 heteroatoms. The first-order valence-corrected chi connectivity index (χ1v) is 15.0. The Balaban J connectivity index is 0.00000132. The van der Waals surface area contributed by atoms with Crippen LogP contribution in [0.1, 0.15) is 59.8 Å². The lowest BCUT2D eigenvalue weighted by molar-refractivity contribution is -0.405. The molecule has 1 saturated carbocycles. The molecule has 2 N–H and O–H groups in total. The summed E-state index contributed by atoms with van der Waals surface area (Å²) in [5, 5.41) is 19.1. The van der Waals surface area contributed by atoms with Gasteiger partial charge in [0.05, 0.1) is 0 Å². The van der Waals surface area contributed by atoms with Crippen molar-refractivity contribution in [2.75, 3.05) is 0 Å². The second kappa shape index (κ2) is 16.3. The van der Waals surface area contributed by atoms with Gasteiger partial charge in [-0.05, 0) is 46.0 Å². The molecule has 1 rings (SSSR count). The second-order valence-corrected chi connectivity index (χ2v) is 12.9. The van der Waals surface area contributed by atoms with Gasteiger partial charge in [-0.3, -0.25) is 9.59 Å². The van der Waals surface area contributed by atoms with Gasteiger partial charge in [-0.15, -0.1) is 0 Å². The Kier molecular flexibility index (Phi) is 15.5. The van der Waals surface area contributed by atoms with Gasteiger partial charge in [-0.1, -0.05) is 13.8 Å². The molecule has 4 atom stereocenters. The summed E-state index contributed by atoms with van der Waals surface area (Å²) in [6.07, 6.45) is -66.0. The lowest BCUT2D eigenvalue weighted by atomic mass is 9.65. The number of rotatable bonds is 8. The van der Waals surface area contributed by atoms with Crippen molar-refractivity contribution in [2.45, 2.75) is 133 Å². The highest BCUT2D eigenvalue weighted by molar-refractivity contribution is 5.78. The van der Waals surface area contributed by atoms with Crippen LogP contribution in [0.3, 0.4) is 0 Å². The normalized spacial score (nSPS) is 22.2. The largest absolute Gasteiger partial charge is 0.462 e. The Hall–Kier alpha value is -2.82. The van der Waals surface area contributed by atoms with Crippen LogP contribution in [0, 0.1) is 22.7 Å². The van der Waals surface area contributed by atoms with E-state index >= 15 is 0 Å². The van der Waals surface area contributed by atoms with Gasteiger partial charge in [0.2, 0.25) is 0 Å². The number of esters is 2. The number of carbonyl (C=O) groups is 2. The van der Waals surface area contributed by atoms with Gasteiger partial charge < -0.3 is 19.7 Å². The zero-order chi connectivity index (χ0) is 46.4. The minimum Gasteiger partial charge on any atom is -0.462 e. The molecule has 4 unspecified atom stereocenters. The fourth-order valence-electron chi connectivity index (χ4n) is 5.05. The molecule has 0 aliphatic heterocycles. The van der Waals surface area contributed by atoms with Crippen molar-refractivity contribution in [3.05, 3.63) is 0 Å². The summed E-state index contributed by atoms with van der Waals surface area (Å²) >= 11 is 0. The quantitative estimate of drug-likeness (QED) is 0.186. The molecule has 0 aromatic rings. The van der Waals surface area contributed by atoms with Crippen LogP contribution >= 0.6 is 0 Å². The van der Waals surface area contributed by atoms with E-state index in [0.29, 0.717) is 0 Å². The number of hydrogen-bond donors (Lipinski definition) is 2. The van der Waals surface area contributed by atoms with Crippen LogP contribution in [0.4, 0.5) is 105 Å². The fourth-order valence-corrected chi connectivity index (χ4v) is 5.05. The molecule has 0 radical (unpaired) electrons. The maximum absolute atomic E-state index is 13.3. The molecule has 340 valence electrons. The van der Waals surface area contributed by atoms with E-state index in [4.69, 9.17) is 0 Å². The Labute approximate surface area is 302 Å². The molecule has 6 nitrogen and oxygen atoms in total. The Morgan fingerprint density at radius 2 is 0.754 bits per heavy atom. The van der Waals surface area contributed by atoms with Crippen LogP contribution < -0.4 is 0 Å². The van der Waals surface area contributed by atoms with Crippen LogP contribution in [0.5, 0.6) is 0 Å². The molecule has 0 saturated heterocycles. The molecule has 57 heavy (non-hydrogen) atoms. The van der Waals surface area contributed by atoms with E-state index in [-0.39, 0.29) is 13.8 Å². The average molecular weight is 904 g/mol. The van der Waals surface area contributed by atoms with E-state index in [1.165, 1.54) is 0 Å². The van der Waals surface area contributed by atoms with Crippen LogP contribution in [-0.4, -0.2) is 95.0 Å². The zero-order valence-electron chi connectivity index (χ0n) is 28.4. The molecular weight excluding hydrogens is 876 g/mol. The maximum atomic E-state index is 13.3. The van der Waals surface area contributed by atoms with E-state index in [1.54, 1.807) is 0 Å². The standard InChI is InChI=1S/C18H19F15O4.C9H9F9O2/c1-3-11(2,14(19,20)21)10(34)37-9-5-7(12(35,15(22,23)24)16(25,26)27)4-8(6-9)13(36,17(28,29)30)18(31,32)33;1-3-6(2,9(16,17)18)5(19)20-4(7(10,11)12)8(13,14)15/h7-9,35-36H,3-6H2,1-2H3;4H,3H2,1-2H3. The lowest BCUT2D eigenvalue weighted by Crippen LogP contribution is -2.67. The van der Waals surface area contributed by atoms with Gasteiger partial charge in [-0.25, -0.2) is 0 Å². The predicted molar refractivity (Wildman–Crippen MR) is 136 cm³/mol. The number of ether oxygens (including phenoxy) is 2. The molecule has 0 heterocycles. The highest BCUT2D eigenvalue weighted by Crippen LogP contribution is 2.58. The van der Waals surface area contributed by atoms with Gasteiger partial charge in [0.1, 0.15) is 6.10 Å². The number of hydrogen-bond acceptors (Lipinski definition) is 6. The number of carbonyl (C=O) groups excluding carboxylic acids is 2. The van der Waals surface area contributed by atoms with Gasteiger partial charge in [0.25, 0.3) is 17.3 Å². The fraction of sp³-hybridized carbons (Fsp3) is 0.926. The first-order chi connectivity index (χ1) is 24.6. The molecular formula is C27H28F24O6. The van der Waals surface area contributed by atoms with Gasteiger partial charge in [-0.2, -0.15) is 105 Å². The Morgan fingerprint density at radius 1 is 0.491 bits per heavy atom. The van der Waals surface area contributed by atoms with Crippen LogP contribution in [0.15, 0.2) is 0 Å². The summed E-state index contributed by atoms with van der Waals surface area (Å²) < 4.78 is 317. The van der Waals surface area contributed by atoms with Crippen LogP contribution in [-0.2, 0) is 19.1 Å². The summed E-state index contributed by atoms with van der Waals surface area (Å²) in [5.41, 5.74) is -18.9. The first kappa shape index (κ1) is 54.2. The third-order valence-corrected chi connectivity index (χ3v) is 9.23. The minimum atomic E-state index is -6.77. The smallest absolute Gasteiger partial charge is 0.434 e. The van der Waals surface area contributed by atoms with Crippen molar-refractivity contribution < 1.29 is 135 Å². The molecule has 0 amide bonds. The lowest BCUT2D eigenvalue weighted by Gasteiger charge is -2.48. The summed E-state index contributed by atoms with van der Waals surface area (Å²) in [4.78, 5) is 23.3. The van der Waals surface area contributed by atoms with Crippen molar-refractivity contribution in [3.8, 4) is 0 Å². The minimum absolute atomic E-state index is 0.163. The summed E-state index contributed by atoms with van der Waals surface area (Å²) in [7, 11) is 0. The Bertz CT molecular complexity index is 1280. The molecule has 1 aliphatic carbocycles. The average Bonchev–Trinajstić information content (AvgIpc) is 2.97. The Morgan fingerprint density at radius 3 is 0.965 bits per heavy atom. The molecule has 0 aromatic heterocycles. The summed E-state index contributed by atoms with van der Waals surface area (Å²) in [6, 6.07) is 0. The molecule has 1 aliphatic rings. The monoisotopic (exact) mass is 904 g/mol. The number of alkyl halides is 24. The van der Waals surface area contributed by atoms with Crippen molar-refractivity contribution in [1.82, 2.24) is 0 Å². The highest BCUT2D eigenvalue weighted by atomic mass is 19.4. The third-order valence-electron chi connectivity index (χ3n) is 9.23. The summed E-state index contributed by atoms with van der Waals surface area (Å²) in [5.74, 6) is -12.4. The van der Waals surface area contributed by atoms with Gasteiger partial charge in [0, 0.05) is 11.8 Å². The molecule has 1 fully saturated rings. The molecule has 0 bridgehead atoms. The topological polar surface area (TPSA) is 93.1 Å². The van der Waals surface area contributed by atoms with Gasteiger partial charge >= 0.3 is 61.3 Å². The van der Waals surface area contributed by atoms with Gasteiger partial charge in [0.15, 0.2) is 10.8 Å². The van der Waals surface area contributed by atoms with Crippen molar-refractivity contribution in [3.63, 3.8) is 0 Å². The SMILES string of the molecule is CCC(C)(C(=O)OC(C(F)(F)F)C(F)(F)F)C(F)(F)F.CCC(C)(C(=O)OC1CC(C(O)(C(F)(F)F)C(F)(F)F)CC(C(O)(C(F)(F)F)C(F)(F)F)C1)C(F)(F)F. The zero-order valence-corrected chi connectivity index (χ0v) is 28.4. The molecule has 0 spiro atoms. The molecule has 0 aromatic carbocycles. The third kappa shape index (κ3) is 10.9. The number of halogens is 24.